The number of carbonyl (C=O) groups excluding carboxylic acids is 2. The SMILES string of the molecule is CCC(=O)Nc1ccc(Cl)c(Cl)c1C(=O)N(CCc1cccc(C(F)(F)F)c1)Cc1ccc(C(C)(C)C)cc1. The van der Waals surface area contributed by atoms with E-state index < -0.39 is 17.6 Å². The topological polar surface area (TPSA) is 49.4 Å². The quantitative estimate of drug-likeness (QED) is 0.291. The molecule has 4 nitrogen and oxygen atoms in total. The van der Waals surface area contributed by atoms with Crippen molar-refractivity contribution < 1.29 is 22.8 Å². The van der Waals surface area contributed by atoms with Gasteiger partial charge in [0.05, 0.1) is 26.9 Å². The molecule has 0 aliphatic rings. The van der Waals surface area contributed by atoms with Crippen molar-refractivity contribution in [3.63, 3.8) is 0 Å². The maximum Gasteiger partial charge on any atom is 0.416 e. The number of nitrogens with zero attached hydrogens (tertiary/aromatic N) is 1. The van der Waals surface area contributed by atoms with Crippen LogP contribution in [0, 0.1) is 0 Å². The molecule has 0 heterocycles. The highest BCUT2D eigenvalue weighted by Crippen LogP contribution is 2.34. The molecule has 3 rings (SSSR count). The van der Waals surface area contributed by atoms with Crippen LogP contribution in [0.2, 0.25) is 10.0 Å². The smallest absolute Gasteiger partial charge is 0.334 e. The monoisotopic (exact) mass is 578 g/mol. The van der Waals surface area contributed by atoms with Gasteiger partial charge in [-0.25, -0.2) is 0 Å². The van der Waals surface area contributed by atoms with E-state index in [0.29, 0.717) is 5.56 Å². The van der Waals surface area contributed by atoms with Crippen LogP contribution in [0.1, 0.15) is 66.7 Å². The fourth-order valence-corrected chi connectivity index (χ4v) is 4.41. The number of hydrogen-bond acceptors (Lipinski definition) is 2. The Morgan fingerprint density at radius 1 is 0.897 bits per heavy atom. The molecule has 0 spiro atoms. The molecule has 0 aliphatic heterocycles. The summed E-state index contributed by atoms with van der Waals surface area (Å²) in [4.78, 5) is 27.6. The van der Waals surface area contributed by atoms with Crippen molar-refractivity contribution in [3.8, 4) is 0 Å². The molecule has 3 aromatic rings. The Bertz CT molecular complexity index is 1330. The zero-order valence-corrected chi connectivity index (χ0v) is 23.8. The van der Waals surface area contributed by atoms with Crippen LogP contribution >= 0.6 is 23.2 Å². The van der Waals surface area contributed by atoms with Gasteiger partial charge in [0.15, 0.2) is 0 Å². The maximum absolute atomic E-state index is 13.9. The fourth-order valence-electron chi connectivity index (χ4n) is 4.01. The van der Waals surface area contributed by atoms with E-state index in [0.717, 1.165) is 23.3 Å². The maximum atomic E-state index is 13.9. The first kappa shape index (κ1) is 30.5. The Labute approximate surface area is 237 Å². The van der Waals surface area contributed by atoms with Gasteiger partial charge in [-0.2, -0.15) is 13.2 Å². The first-order valence-corrected chi connectivity index (χ1v) is 13.3. The van der Waals surface area contributed by atoms with E-state index in [2.05, 4.69) is 26.1 Å². The van der Waals surface area contributed by atoms with Gasteiger partial charge in [0.1, 0.15) is 0 Å². The van der Waals surface area contributed by atoms with Crippen LogP contribution in [0.15, 0.2) is 60.7 Å². The predicted molar refractivity (Wildman–Crippen MR) is 150 cm³/mol. The van der Waals surface area contributed by atoms with Crippen LogP contribution < -0.4 is 5.32 Å². The first-order valence-electron chi connectivity index (χ1n) is 12.5. The van der Waals surface area contributed by atoms with Crippen LogP contribution in [0.4, 0.5) is 18.9 Å². The van der Waals surface area contributed by atoms with Crippen molar-refractivity contribution in [3.05, 3.63) is 98.5 Å². The van der Waals surface area contributed by atoms with E-state index in [1.807, 2.05) is 24.3 Å². The molecule has 1 N–H and O–H groups in total. The molecule has 9 heteroatoms. The number of halogens is 5. The zero-order valence-electron chi connectivity index (χ0n) is 22.3. The predicted octanol–water partition coefficient (Wildman–Crippen LogP) is 8.54. The van der Waals surface area contributed by atoms with Gasteiger partial charge in [-0.15, -0.1) is 0 Å². The molecular formula is C30H31Cl2F3N2O2. The molecule has 0 saturated heterocycles. The van der Waals surface area contributed by atoms with Gasteiger partial charge in [-0.05, 0) is 46.7 Å². The van der Waals surface area contributed by atoms with E-state index in [9.17, 15) is 22.8 Å². The lowest BCUT2D eigenvalue weighted by Gasteiger charge is -2.26. The fraction of sp³-hybridized carbons (Fsp3) is 0.333. The Hall–Kier alpha value is -3.03. The second-order valence-electron chi connectivity index (χ2n) is 10.3. The molecule has 0 aromatic heterocycles. The molecule has 0 unspecified atom stereocenters. The van der Waals surface area contributed by atoms with E-state index in [4.69, 9.17) is 23.2 Å². The summed E-state index contributed by atoms with van der Waals surface area (Å²) < 4.78 is 39.8. The second kappa shape index (κ2) is 12.4. The van der Waals surface area contributed by atoms with Crippen molar-refractivity contribution in [2.75, 3.05) is 11.9 Å². The number of anilines is 1. The summed E-state index contributed by atoms with van der Waals surface area (Å²) in [5, 5.41) is 2.82. The minimum absolute atomic E-state index is 0.0114. The van der Waals surface area contributed by atoms with Gasteiger partial charge in [0.2, 0.25) is 5.91 Å². The molecule has 3 aromatic carbocycles. The minimum atomic E-state index is -4.47. The third kappa shape index (κ3) is 7.99. The average Bonchev–Trinajstić information content (AvgIpc) is 2.88. The summed E-state index contributed by atoms with van der Waals surface area (Å²) in [7, 11) is 0. The number of carbonyl (C=O) groups is 2. The normalized spacial score (nSPS) is 11.8. The summed E-state index contributed by atoms with van der Waals surface area (Å²) in [6.07, 6.45) is -4.11. The van der Waals surface area contributed by atoms with Gasteiger partial charge in [0, 0.05) is 19.5 Å². The van der Waals surface area contributed by atoms with Crippen LogP contribution in [0.5, 0.6) is 0 Å². The van der Waals surface area contributed by atoms with E-state index in [-0.39, 0.29) is 58.5 Å². The standard InChI is InChI=1S/C30H31Cl2F3N2O2/c1-5-25(38)36-24-14-13-23(31)27(32)26(24)28(39)37(18-20-9-11-21(12-10-20)29(2,3)4)16-15-19-7-6-8-22(17-19)30(33,34)35/h6-14,17H,5,15-16,18H2,1-4H3,(H,36,38). The lowest BCUT2D eigenvalue weighted by molar-refractivity contribution is -0.137. The van der Waals surface area contributed by atoms with Crippen molar-refractivity contribution in [2.24, 2.45) is 0 Å². The summed E-state index contributed by atoms with van der Waals surface area (Å²) in [6, 6.07) is 15.9. The highest BCUT2D eigenvalue weighted by molar-refractivity contribution is 6.44. The average molecular weight is 579 g/mol. The molecule has 208 valence electrons. The highest BCUT2D eigenvalue weighted by Gasteiger charge is 2.30. The summed E-state index contributed by atoms with van der Waals surface area (Å²) in [5.74, 6) is -0.809. The van der Waals surface area contributed by atoms with E-state index in [1.54, 1.807) is 13.0 Å². The van der Waals surface area contributed by atoms with Crippen LogP contribution in [-0.4, -0.2) is 23.3 Å². The van der Waals surface area contributed by atoms with Crippen LogP contribution in [-0.2, 0) is 29.4 Å². The Morgan fingerprint density at radius 2 is 1.56 bits per heavy atom. The van der Waals surface area contributed by atoms with Crippen molar-refractivity contribution in [1.29, 1.82) is 0 Å². The van der Waals surface area contributed by atoms with Crippen LogP contribution in [0.25, 0.3) is 0 Å². The number of hydrogen-bond donors (Lipinski definition) is 1. The molecule has 0 bridgehead atoms. The van der Waals surface area contributed by atoms with Gasteiger partial charge in [0.25, 0.3) is 5.91 Å². The number of benzene rings is 3. The molecule has 0 aliphatic carbocycles. The molecular weight excluding hydrogens is 548 g/mol. The number of nitrogens with one attached hydrogen (secondary N) is 1. The second-order valence-corrected chi connectivity index (χ2v) is 11.1. The minimum Gasteiger partial charge on any atom is -0.334 e. The van der Waals surface area contributed by atoms with Gasteiger partial charge in [-0.3, -0.25) is 9.59 Å². The largest absolute Gasteiger partial charge is 0.416 e. The van der Waals surface area contributed by atoms with E-state index >= 15 is 0 Å². The van der Waals surface area contributed by atoms with Crippen molar-refractivity contribution in [2.45, 2.75) is 58.7 Å². The van der Waals surface area contributed by atoms with Gasteiger partial charge in [-0.1, -0.05) is 93.4 Å². The first-order chi connectivity index (χ1) is 18.2. The summed E-state index contributed by atoms with van der Waals surface area (Å²) in [5.41, 5.74) is 1.82. The third-order valence-electron chi connectivity index (χ3n) is 6.31. The molecule has 2 amide bonds. The van der Waals surface area contributed by atoms with Gasteiger partial charge >= 0.3 is 6.18 Å². The Morgan fingerprint density at radius 3 is 2.15 bits per heavy atom. The third-order valence-corrected chi connectivity index (χ3v) is 7.11. The molecule has 0 radical (unpaired) electrons. The molecule has 0 fully saturated rings. The molecule has 39 heavy (non-hydrogen) atoms. The van der Waals surface area contributed by atoms with Gasteiger partial charge < -0.3 is 10.2 Å². The highest BCUT2D eigenvalue weighted by atomic mass is 35.5. The van der Waals surface area contributed by atoms with Crippen molar-refractivity contribution in [1.82, 2.24) is 4.90 Å². The molecule has 0 atom stereocenters. The van der Waals surface area contributed by atoms with Crippen LogP contribution in [0.3, 0.4) is 0 Å². The van der Waals surface area contributed by atoms with E-state index in [1.165, 1.54) is 23.1 Å². The van der Waals surface area contributed by atoms with Crippen molar-refractivity contribution >= 4 is 40.7 Å². The summed E-state index contributed by atoms with van der Waals surface area (Å²) >= 11 is 12.7. The number of rotatable bonds is 8. The summed E-state index contributed by atoms with van der Waals surface area (Å²) in [6.45, 7) is 8.24. The lowest BCUT2D eigenvalue weighted by atomic mass is 9.87. The Balaban J connectivity index is 1.99. The Kier molecular flexibility index (Phi) is 9.73. The lowest BCUT2D eigenvalue weighted by Crippen LogP contribution is -2.33. The zero-order chi connectivity index (χ0) is 29.0. The number of amides is 2. The molecule has 0 saturated carbocycles. The number of alkyl halides is 3.